The molecule has 4 heteroatoms. The lowest BCUT2D eigenvalue weighted by molar-refractivity contribution is -0.384. The molecule has 17 heavy (non-hydrogen) atoms. The van der Waals surface area contributed by atoms with Crippen LogP contribution in [-0.2, 0) is 6.54 Å². The van der Waals surface area contributed by atoms with Crippen LogP contribution in [-0.4, -0.2) is 9.49 Å². The topological polar surface area (TPSA) is 48.1 Å². The Labute approximate surface area is 99.3 Å². The first-order valence-electron chi connectivity index (χ1n) is 5.45. The number of aryl methyl sites for hydroxylation is 1. The summed E-state index contributed by atoms with van der Waals surface area (Å²) in [6, 6.07) is 6.85. The Hall–Kier alpha value is -2.10. The third-order valence-corrected chi connectivity index (χ3v) is 2.74. The fraction of sp³-hybridized carbons (Fsp3) is 0.231. The Balaban J connectivity index is 2.34. The summed E-state index contributed by atoms with van der Waals surface area (Å²) < 4.78 is 2.09. The molecule has 2 rings (SSSR count). The molecule has 0 aliphatic heterocycles. The molecular formula is C13H14N2O2. The van der Waals surface area contributed by atoms with Crippen LogP contribution in [0.5, 0.6) is 0 Å². The van der Waals surface area contributed by atoms with Crippen molar-refractivity contribution in [2.75, 3.05) is 0 Å². The molecule has 0 atom stereocenters. The van der Waals surface area contributed by atoms with Gasteiger partial charge >= 0.3 is 0 Å². The van der Waals surface area contributed by atoms with Gasteiger partial charge in [-0.1, -0.05) is 5.57 Å². The number of nitro benzene ring substituents is 1. The van der Waals surface area contributed by atoms with Gasteiger partial charge in [0.2, 0.25) is 0 Å². The molecule has 0 fully saturated rings. The summed E-state index contributed by atoms with van der Waals surface area (Å²) in [6.07, 6.45) is 2.87. The molecule has 2 aromatic rings. The second kappa shape index (κ2) is 4.41. The summed E-state index contributed by atoms with van der Waals surface area (Å²) in [5, 5.41) is 11.6. The molecule has 4 nitrogen and oxygen atoms in total. The third kappa shape index (κ3) is 2.36. The van der Waals surface area contributed by atoms with E-state index in [9.17, 15) is 10.1 Å². The predicted molar refractivity (Wildman–Crippen MR) is 68.0 cm³/mol. The molecule has 0 aliphatic carbocycles. The molecule has 0 spiro atoms. The SMILES string of the molecule is C=C(C)CCn1ccc2cc([N+](=O)[O-])ccc21. The van der Waals surface area contributed by atoms with E-state index in [4.69, 9.17) is 0 Å². The number of aromatic nitrogens is 1. The van der Waals surface area contributed by atoms with E-state index in [2.05, 4.69) is 11.1 Å². The number of fused-ring (bicyclic) bond motifs is 1. The normalized spacial score (nSPS) is 10.6. The van der Waals surface area contributed by atoms with Gasteiger partial charge in [0.05, 0.1) is 4.92 Å². The van der Waals surface area contributed by atoms with E-state index in [0.717, 1.165) is 29.4 Å². The molecule has 88 valence electrons. The summed E-state index contributed by atoms with van der Waals surface area (Å²) in [4.78, 5) is 10.3. The number of non-ortho nitro benzene ring substituents is 1. The van der Waals surface area contributed by atoms with Gasteiger partial charge in [-0.05, 0) is 25.5 Å². The fourth-order valence-electron chi connectivity index (χ4n) is 1.81. The van der Waals surface area contributed by atoms with Gasteiger partial charge in [-0.15, -0.1) is 6.58 Å². The van der Waals surface area contributed by atoms with Gasteiger partial charge in [-0.25, -0.2) is 0 Å². The highest BCUT2D eigenvalue weighted by atomic mass is 16.6. The number of allylic oxidation sites excluding steroid dienone is 1. The highest BCUT2D eigenvalue weighted by molar-refractivity contribution is 5.82. The van der Waals surface area contributed by atoms with Crippen molar-refractivity contribution in [2.45, 2.75) is 19.9 Å². The minimum Gasteiger partial charge on any atom is -0.347 e. The summed E-state index contributed by atoms with van der Waals surface area (Å²) in [5.74, 6) is 0. The number of hydrogen-bond donors (Lipinski definition) is 0. The smallest absolute Gasteiger partial charge is 0.270 e. The van der Waals surface area contributed by atoms with Crippen LogP contribution in [0.2, 0.25) is 0 Å². The summed E-state index contributed by atoms with van der Waals surface area (Å²) in [5.41, 5.74) is 2.29. The summed E-state index contributed by atoms with van der Waals surface area (Å²) in [7, 11) is 0. The number of nitro groups is 1. The van der Waals surface area contributed by atoms with Gasteiger partial charge in [0, 0.05) is 35.8 Å². The van der Waals surface area contributed by atoms with E-state index < -0.39 is 0 Å². The summed E-state index contributed by atoms with van der Waals surface area (Å²) >= 11 is 0. The standard InChI is InChI=1S/C13H14N2O2/c1-10(2)5-7-14-8-6-11-9-12(15(16)17)3-4-13(11)14/h3-4,6,8-9H,1,5,7H2,2H3. The molecule has 1 heterocycles. The predicted octanol–water partition coefficient (Wildman–Crippen LogP) is 3.52. The van der Waals surface area contributed by atoms with Crippen molar-refractivity contribution in [1.82, 2.24) is 4.57 Å². The number of rotatable bonds is 4. The molecule has 1 aromatic carbocycles. The molecule has 0 amide bonds. The van der Waals surface area contributed by atoms with Crippen molar-refractivity contribution >= 4 is 16.6 Å². The van der Waals surface area contributed by atoms with E-state index in [1.807, 2.05) is 19.2 Å². The van der Waals surface area contributed by atoms with Crippen molar-refractivity contribution in [2.24, 2.45) is 0 Å². The van der Waals surface area contributed by atoms with E-state index in [1.165, 1.54) is 0 Å². The van der Waals surface area contributed by atoms with Gasteiger partial charge in [-0.3, -0.25) is 10.1 Å². The largest absolute Gasteiger partial charge is 0.347 e. The minimum atomic E-state index is -0.370. The number of benzene rings is 1. The second-order valence-electron chi connectivity index (χ2n) is 4.22. The van der Waals surface area contributed by atoms with Gasteiger partial charge < -0.3 is 4.57 Å². The average Bonchev–Trinajstić information content (AvgIpc) is 2.68. The van der Waals surface area contributed by atoms with E-state index in [-0.39, 0.29) is 10.6 Å². The Bertz CT molecular complexity index is 584. The Morgan fingerprint density at radius 3 is 2.88 bits per heavy atom. The second-order valence-corrected chi connectivity index (χ2v) is 4.22. The van der Waals surface area contributed by atoms with Crippen molar-refractivity contribution in [3.63, 3.8) is 0 Å². The van der Waals surface area contributed by atoms with Crippen molar-refractivity contribution in [3.05, 3.63) is 52.7 Å². The molecule has 0 saturated carbocycles. The lowest BCUT2D eigenvalue weighted by Crippen LogP contribution is -1.96. The first-order valence-corrected chi connectivity index (χ1v) is 5.45. The quantitative estimate of drug-likeness (QED) is 0.458. The highest BCUT2D eigenvalue weighted by Gasteiger charge is 2.08. The maximum absolute atomic E-state index is 10.7. The van der Waals surface area contributed by atoms with Crippen molar-refractivity contribution in [1.29, 1.82) is 0 Å². The monoisotopic (exact) mass is 230 g/mol. The van der Waals surface area contributed by atoms with Crippen molar-refractivity contribution < 1.29 is 4.92 Å². The Kier molecular flexibility index (Phi) is 2.95. The molecular weight excluding hydrogens is 216 g/mol. The maximum Gasteiger partial charge on any atom is 0.270 e. The number of hydrogen-bond acceptors (Lipinski definition) is 2. The van der Waals surface area contributed by atoms with Gasteiger partial charge in [0.15, 0.2) is 0 Å². The van der Waals surface area contributed by atoms with Crippen LogP contribution in [0.4, 0.5) is 5.69 Å². The number of nitrogens with zero attached hydrogens (tertiary/aromatic N) is 2. The highest BCUT2D eigenvalue weighted by Crippen LogP contribution is 2.22. The molecule has 0 radical (unpaired) electrons. The van der Waals surface area contributed by atoms with Crippen LogP contribution in [0.1, 0.15) is 13.3 Å². The molecule has 1 aromatic heterocycles. The van der Waals surface area contributed by atoms with E-state index in [1.54, 1.807) is 18.2 Å². The zero-order valence-electron chi connectivity index (χ0n) is 9.72. The Morgan fingerprint density at radius 1 is 1.47 bits per heavy atom. The lowest BCUT2D eigenvalue weighted by atomic mass is 10.2. The molecule has 0 bridgehead atoms. The van der Waals surface area contributed by atoms with Crippen LogP contribution in [0.3, 0.4) is 0 Å². The van der Waals surface area contributed by atoms with Crippen molar-refractivity contribution in [3.8, 4) is 0 Å². The fourth-order valence-corrected chi connectivity index (χ4v) is 1.81. The average molecular weight is 230 g/mol. The van der Waals surface area contributed by atoms with E-state index in [0.29, 0.717) is 0 Å². The molecule has 0 N–H and O–H groups in total. The molecule has 0 saturated heterocycles. The molecule has 0 unspecified atom stereocenters. The summed E-state index contributed by atoms with van der Waals surface area (Å²) in [6.45, 7) is 6.72. The zero-order valence-corrected chi connectivity index (χ0v) is 9.72. The first kappa shape index (κ1) is 11.4. The molecule has 0 aliphatic rings. The van der Waals surface area contributed by atoms with Crippen LogP contribution < -0.4 is 0 Å². The van der Waals surface area contributed by atoms with Crippen LogP contribution in [0.15, 0.2) is 42.6 Å². The third-order valence-electron chi connectivity index (χ3n) is 2.74. The van der Waals surface area contributed by atoms with Crippen LogP contribution in [0.25, 0.3) is 10.9 Å². The minimum absolute atomic E-state index is 0.134. The van der Waals surface area contributed by atoms with Crippen LogP contribution >= 0.6 is 0 Å². The zero-order chi connectivity index (χ0) is 12.4. The Morgan fingerprint density at radius 2 is 2.24 bits per heavy atom. The van der Waals surface area contributed by atoms with Gasteiger partial charge in [0.25, 0.3) is 5.69 Å². The van der Waals surface area contributed by atoms with Crippen LogP contribution in [0, 0.1) is 10.1 Å². The maximum atomic E-state index is 10.7. The first-order chi connectivity index (χ1) is 8.08. The lowest BCUT2D eigenvalue weighted by Gasteiger charge is -2.04. The van der Waals surface area contributed by atoms with Gasteiger partial charge in [-0.2, -0.15) is 0 Å². The van der Waals surface area contributed by atoms with E-state index >= 15 is 0 Å². The van der Waals surface area contributed by atoms with Gasteiger partial charge in [0.1, 0.15) is 0 Å².